The Labute approximate surface area is 121 Å². The molecule has 0 aliphatic heterocycles. The number of esters is 1. The molecule has 0 aromatic carbocycles. The summed E-state index contributed by atoms with van der Waals surface area (Å²) in [6, 6.07) is 1.12. The molecule has 8 nitrogen and oxygen atoms in total. The number of aromatic amines is 1. The summed E-state index contributed by atoms with van der Waals surface area (Å²) in [6.45, 7) is 6.47. The monoisotopic (exact) mass is 297 g/mol. The van der Waals surface area contributed by atoms with Crippen molar-refractivity contribution in [2.75, 3.05) is 0 Å². The first-order valence-electron chi connectivity index (χ1n) is 6.40. The van der Waals surface area contributed by atoms with Crippen LogP contribution < -0.4 is 16.6 Å². The second-order valence-electron chi connectivity index (χ2n) is 5.61. The van der Waals surface area contributed by atoms with Crippen molar-refractivity contribution in [3.05, 3.63) is 33.1 Å². The van der Waals surface area contributed by atoms with Gasteiger partial charge in [-0.2, -0.15) is 0 Å². The van der Waals surface area contributed by atoms with Crippen molar-refractivity contribution >= 4 is 11.9 Å². The van der Waals surface area contributed by atoms with Gasteiger partial charge in [0, 0.05) is 17.8 Å². The number of carbonyl (C=O) groups is 2. The van der Waals surface area contributed by atoms with Crippen LogP contribution in [0, 0.1) is 0 Å². The van der Waals surface area contributed by atoms with Crippen molar-refractivity contribution < 1.29 is 14.3 Å². The largest absolute Gasteiger partial charge is 0.451 e. The first kappa shape index (κ1) is 16.7. The lowest BCUT2D eigenvalue weighted by atomic mass is 10.1. The van der Waals surface area contributed by atoms with Gasteiger partial charge in [-0.3, -0.25) is 23.9 Å². The van der Waals surface area contributed by atoms with E-state index in [-0.39, 0.29) is 6.54 Å². The molecule has 1 rings (SSSR count). The van der Waals surface area contributed by atoms with Crippen LogP contribution in [0.1, 0.15) is 27.7 Å². The van der Waals surface area contributed by atoms with Crippen LogP contribution in [0.3, 0.4) is 0 Å². The first-order chi connectivity index (χ1) is 9.58. The molecule has 0 saturated heterocycles. The first-order valence-corrected chi connectivity index (χ1v) is 6.40. The molecule has 0 spiro atoms. The third-order valence-corrected chi connectivity index (χ3v) is 2.37. The van der Waals surface area contributed by atoms with Gasteiger partial charge in [-0.05, 0) is 27.7 Å². The fourth-order valence-corrected chi connectivity index (χ4v) is 1.47. The molecule has 0 radical (unpaired) electrons. The Morgan fingerprint density at radius 3 is 2.52 bits per heavy atom. The van der Waals surface area contributed by atoms with Crippen LogP contribution in [-0.4, -0.2) is 33.1 Å². The van der Waals surface area contributed by atoms with Crippen molar-refractivity contribution in [1.29, 1.82) is 0 Å². The Balaban J connectivity index is 2.63. The van der Waals surface area contributed by atoms with Crippen LogP contribution >= 0.6 is 0 Å². The molecule has 0 fully saturated rings. The Bertz CT molecular complexity index is 638. The van der Waals surface area contributed by atoms with E-state index >= 15 is 0 Å². The fourth-order valence-electron chi connectivity index (χ4n) is 1.47. The van der Waals surface area contributed by atoms with E-state index in [4.69, 9.17) is 4.74 Å². The molecule has 0 saturated carbocycles. The van der Waals surface area contributed by atoms with Gasteiger partial charge < -0.3 is 10.1 Å². The van der Waals surface area contributed by atoms with Gasteiger partial charge in [0.25, 0.3) is 11.5 Å². The minimum Gasteiger partial charge on any atom is -0.451 e. The lowest BCUT2D eigenvalue weighted by molar-refractivity contribution is -0.156. The van der Waals surface area contributed by atoms with Crippen LogP contribution in [0.4, 0.5) is 0 Å². The standard InChI is InChI=1S/C13H19N3O5/c1-8(11(19)15-13(2,3)4)21-10(18)7-16-6-5-9(17)14-12(16)20/h5-6,8H,7H2,1-4H3,(H,15,19)(H,14,17,20)/t8-/m0/s1. The average molecular weight is 297 g/mol. The SMILES string of the molecule is C[C@H](OC(=O)Cn1ccc(=O)[nH]c1=O)C(=O)NC(C)(C)C. The maximum Gasteiger partial charge on any atom is 0.328 e. The molecule has 116 valence electrons. The fraction of sp³-hybridized carbons (Fsp3) is 0.538. The number of nitrogens with zero attached hydrogens (tertiary/aromatic N) is 1. The summed E-state index contributed by atoms with van der Waals surface area (Å²) in [6.07, 6.45) is 0.206. The summed E-state index contributed by atoms with van der Waals surface area (Å²) >= 11 is 0. The number of hydrogen-bond donors (Lipinski definition) is 2. The van der Waals surface area contributed by atoms with Crippen LogP contribution in [-0.2, 0) is 20.9 Å². The highest BCUT2D eigenvalue weighted by Gasteiger charge is 2.22. The van der Waals surface area contributed by atoms with Crippen LogP contribution in [0.2, 0.25) is 0 Å². The number of hydrogen-bond acceptors (Lipinski definition) is 5. The van der Waals surface area contributed by atoms with Crippen LogP contribution in [0.5, 0.6) is 0 Å². The van der Waals surface area contributed by atoms with Crippen LogP contribution in [0.25, 0.3) is 0 Å². The third-order valence-electron chi connectivity index (χ3n) is 2.37. The molecule has 1 aromatic rings. The highest BCUT2D eigenvalue weighted by Crippen LogP contribution is 2.01. The second kappa shape index (κ2) is 6.38. The van der Waals surface area contributed by atoms with Gasteiger partial charge in [-0.1, -0.05) is 0 Å². The Kier molecular flexibility index (Phi) is 5.07. The van der Waals surface area contributed by atoms with Crippen molar-refractivity contribution in [3.63, 3.8) is 0 Å². The number of amides is 1. The maximum absolute atomic E-state index is 11.8. The van der Waals surface area contributed by atoms with E-state index in [0.29, 0.717) is 0 Å². The second-order valence-corrected chi connectivity index (χ2v) is 5.61. The van der Waals surface area contributed by atoms with Gasteiger partial charge in [-0.25, -0.2) is 4.79 Å². The summed E-state index contributed by atoms with van der Waals surface area (Å²) in [4.78, 5) is 47.7. The molecule has 0 aliphatic rings. The summed E-state index contributed by atoms with van der Waals surface area (Å²) < 4.78 is 5.93. The number of nitrogens with one attached hydrogen (secondary N) is 2. The summed E-state index contributed by atoms with van der Waals surface area (Å²) in [5.41, 5.74) is -1.71. The van der Waals surface area contributed by atoms with E-state index in [1.807, 2.05) is 4.98 Å². The zero-order valence-electron chi connectivity index (χ0n) is 12.4. The quantitative estimate of drug-likeness (QED) is 0.720. The van der Waals surface area contributed by atoms with E-state index in [9.17, 15) is 19.2 Å². The molecule has 0 unspecified atom stereocenters. The average Bonchev–Trinajstić information content (AvgIpc) is 2.30. The third kappa shape index (κ3) is 5.64. The van der Waals surface area contributed by atoms with Crippen molar-refractivity contribution in [3.8, 4) is 0 Å². The van der Waals surface area contributed by atoms with E-state index in [1.54, 1.807) is 20.8 Å². The zero-order chi connectivity index (χ0) is 16.2. The van der Waals surface area contributed by atoms with Gasteiger partial charge in [0.05, 0.1) is 0 Å². The lowest BCUT2D eigenvalue weighted by Gasteiger charge is -2.23. The smallest absolute Gasteiger partial charge is 0.328 e. The van der Waals surface area contributed by atoms with Crippen molar-refractivity contribution in [1.82, 2.24) is 14.9 Å². The van der Waals surface area contributed by atoms with E-state index in [1.165, 1.54) is 13.1 Å². The zero-order valence-corrected chi connectivity index (χ0v) is 12.4. The molecule has 1 amide bonds. The van der Waals surface area contributed by atoms with Gasteiger partial charge in [0.15, 0.2) is 6.10 Å². The van der Waals surface area contributed by atoms with E-state index < -0.39 is 34.8 Å². The van der Waals surface area contributed by atoms with Crippen LogP contribution in [0.15, 0.2) is 21.9 Å². The number of rotatable bonds is 4. The number of aromatic nitrogens is 2. The van der Waals surface area contributed by atoms with Gasteiger partial charge in [-0.15, -0.1) is 0 Å². The van der Waals surface area contributed by atoms with Crippen molar-refractivity contribution in [2.45, 2.75) is 45.9 Å². The molecule has 0 bridgehead atoms. The number of H-pyrrole nitrogens is 1. The van der Waals surface area contributed by atoms with Gasteiger partial charge >= 0.3 is 11.7 Å². The molecule has 2 N–H and O–H groups in total. The minimum absolute atomic E-state index is 0.386. The summed E-state index contributed by atoms with van der Waals surface area (Å²) in [7, 11) is 0. The van der Waals surface area contributed by atoms with Gasteiger partial charge in [0.1, 0.15) is 6.54 Å². The summed E-state index contributed by atoms with van der Waals surface area (Å²) in [5, 5.41) is 2.67. The lowest BCUT2D eigenvalue weighted by Crippen LogP contribution is -2.46. The number of carbonyl (C=O) groups excluding carboxylic acids is 2. The molecule has 1 atom stereocenters. The van der Waals surface area contributed by atoms with Gasteiger partial charge in [0.2, 0.25) is 0 Å². The molecule has 8 heteroatoms. The van der Waals surface area contributed by atoms with E-state index in [0.717, 1.165) is 10.6 Å². The Morgan fingerprint density at radius 2 is 2.00 bits per heavy atom. The summed E-state index contributed by atoms with van der Waals surface area (Å²) in [5.74, 6) is -1.18. The molecular weight excluding hydrogens is 278 g/mol. The molecular formula is C13H19N3O5. The highest BCUT2D eigenvalue weighted by molar-refractivity contribution is 5.83. The van der Waals surface area contributed by atoms with Crippen molar-refractivity contribution in [2.24, 2.45) is 0 Å². The topological polar surface area (TPSA) is 110 Å². The maximum atomic E-state index is 11.8. The van der Waals surface area contributed by atoms with E-state index in [2.05, 4.69) is 5.32 Å². The highest BCUT2D eigenvalue weighted by atomic mass is 16.5. The minimum atomic E-state index is -0.977. The molecule has 1 heterocycles. The Morgan fingerprint density at radius 1 is 1.38 bits per heavy atom. The molecule has 1 aromatic heterocycles. The molecule has 21 heavy (non-hydrogen) atoms. The normalized spacial score (nSPS) is 12.6. The molecule has 0 aliphatic carbocycles. The predicted molar refractivity (Wildman–Crippen MR) is 74.8 cm³/mol. The Hall–Kier alpha value is -2.38. The number of ether oxygens (including phenoxy) is 1. The predicted octanol–water partition coefficient (Wildman–Crippen LogP) is -0.617.